The molecule has 1 heterocycles. The van der Waals surface area contributed by atoms with Crippen LogP contribution in [0.2, 0.25) is 0 Å². The van der Waals surface area contributed by atoms with E-state index in [4.69, 9.17) is 5.11 Å². The minimum absolute atomic E-state index is 0.0243. The van der Waals surface area contributed by atoms with Gasteiger partial charge in [0.1, 0.15) is 0 Å². The van der Waals surface area contributed by atoms with Crippen molar-refractivity contribution in [2.24, 2.45) is 0 Å². The number of urea groups is 1. The minimum Gasteiger partial charge on any atom is -0.395 e. The maximum absolute atomic E-state index is 12.2. The first kappa shape index (κ1) is 15.5. The Morgan fingerprint density at radius 2 is 1.95 bits per heavy atom. The van der Waals surface area contributed by atoms with Crippen LogP contribution in [0, 0.1) is 0 Å². The van der Waals surface area contributed by atoms with Crippen LogP contribution in [-0.4, -0.2) is 66.1 Å². The molecule has 6 heteroatoms. The lowest BCUT2D eigenvalue weighted by molar-refractivity contribution is 0.101. The molecule has 1 aromatic carbocycles. The van der Waals surface area contributed by atoms with Crippen LogP contribution < -0.4 is 5.32 Å². The average molecular weight is 291 g/mol. The molecule has 0 bridgehead atoms. The number of hydrogen-bond acceptors (Lipinski definition) is 4. The Morgan fingerprint density at radius 1 is 1.24 bits per heavy atom. The Hall–Kier alpha value is -1.92. The van der Waals surface area contributed by atoms with Gasteiger partial charge in [0.05, 0.1) is 6.61 Å². The lowest BCUT2D eigenvalue weighted by atomic mass is 10.1. The SMILES string of the molecule is CC(=O)c1cccc(NC(=O)N2CCN(CCO)CC2)c1. The normalized spacial score (nSPS) is 15.8. The largest absolute Gasteiger partial charge is 0.395 e. The molecule has 2 rings (SSSR count). The minimum atomic E-state index is -0.153. The standard InChI is InChI=1S/C15H21N3O3/c1-12(20)13-3-2-4-14(11-13)16-15(21)18-7-5-17(6-8-18)9-10-19/h2-4,11,19H,5-10H2,1H3,(H,16,21). The van der Waals surface area contributed by atoms with E-state index in [2.05, 4.69) is 10.2 Å². The number of nitrogens with one attached hydrogen (secondary N) is 1. The molecule has 0 spiro atoms. The van der Waals surface area contributed by atoms with Gasteiger partial charge in [-0.15, -0.1) is 0 Å². The molecule has 2 N–H and O–H groups in total. The summed E-state index contributed by atoms with van der Waals surface area (Å²) < 4.78 is 0. The fourth-order valence-electron chi connectivity index (χ4n) is 2.33. The predicted octanol–water partition coefficient (Wildman–Crippen LogP) is 1.03. The molecular formula is C15H21N3O3. The zero-order chi connectivity index (χ0) is 15.2. The molecular weight excluding hydrogens is 270 g/mol. The molecule has 1 aliphatic rings. The van der Waals surface area contributed by atoms with Crippen LogP contribution in [0.5, 0.6) is 0 Å². The van der Waals surface area contributed by atoms with Crippen molar-refractivity contribution < 1.29 is 14.7 Å². The van der Waals surface area contributed by atoms with Crippen molar-refractivity contribution >= 4 is 17.5 Å². The van der Waals surface area contributed by atoms with E-state index in [1.54, 1.807) is 29.2 Å². The van der Waals surface area contributed by atoms with Gasteiger partial charge in [0.15, 0.2) is 5.78 Å². The Kier molecular flexibility index (Phi) is 5.30. The predicted molar refractivity (Wildman–Crippen MR) is 80.6 cm³/mol. The van der Waals surface area contributed by atoms with Gasteiger partial charge in [0.25, 0.3) is 0 Å². The molecule has 0 aliphatic carbocycles. The van der Waals surface area contributed by atoms with Crippen molar-refractivity contribution in [3.8, 4) is 0 Å². The smallest absolute Gasteiger partial charge is 0.321 e. The molecule has 21 heavy (non-hydrogen) atoms. The molecule has 0 atom stereocenters. The molecule has 114 valence electrons. The van der Waals surface area contributed by atoms with Gasteiger partial charge in [-0.25, -0.2) is 4.79 Å². The lowest BCUT2D eigenvalue weighted by Crippen LogP contribution is -2.50. The van der Waals surface area contributed by atoms with E-state index in [0.717, 1.165) is 13.1 Å². The van der Waals surface area contributed by atoms with Gasteiger partial charge in [-0.2, -0.15) is 0 Å². The maximum Gasteiger partial charge on any atom is 0.321 e. The Labute approximate surface area is 124 Å². The van der Waals surface area contributed by atoms with Crippen LogP contribution in [0.3, 0.4) is 0 Å². The van der Waals surface area contributed by atoms with Crippen LogP contribution in [0.1, 0.15) is 17.3 Å². The van der Waals surface area contributed by atoms with Crippen LogP contribution in [0.4, 0.5) is 10.5 Å². The van der Waals surface area contributed by atoms with Gasteiger partial charge in [-0.1, -0.05) is 12.1 Å². The van der Waals surface area contributed by atoms with E-state index in [1.807, 2.05) is 0 Å². The monoisotopic (exact) mass is 291 g/mol. The number of nitrogens with zero attached hydrogens (tertiary/aromatic N) is 2. The summed E-state index contributed by atoms with van der Waals surface area (Å²) in [5.41, 5.74) is 1.21. The molecule has 1 saturated heterocycles. The first-order valence-corrected chi connectivity index (χ1v) is 7.10. The fourth-order valence-corrected chi connectivity index (χ4v) is 2.33. The third-order valence-electron chi connectivity index (χ3n) is 3.60. The van der Waals surface area contributed by atoms with E-state index < -0.39 is 0 Å². The highest BCUT2D eigenvalue weighted by molar-refractivity contribution is 5.96. The van der Waals surface area contributed by atoms with Crippen molar-refractivity contribution in [2.45, 2.75) is 6.92 Å². The topological polar surface area (TPSA) is 72.9 Å². The molecule has 0 aromatic heterocycles. The number of carbonyl (C=O) groups is 2. The maximum atomic E-state index is 12.2. The van der Waals surface area contributed by atoms with E-state index in [0.29, 0.717) is 30.9 Å². The number of carbonyl (C=O) groups excluding carboxylic acids is 2. The number of β-amino-alcohol motifs (C(OH)–C–C–N with tert-alkyl or cyclic N) is 1. The van der Waals surface area contributed by atoms with Crippen LogP contribution >= 0.6 is 0 Å². The van der Waals surface area contributed by atoms with Crippen LogP contribution in [0.25, 0.3) is 0 Å². The fraction of sp³-hybridized carbons (Fsp3) is 0.467. The number of anilines is 1. The molecule has 6 nitrogen and oxygen atoms in total. The summed E-state index contributed by atoms with van der Waals surface area (Å²) in [6.07, 6.45) is 0. The van der Waals surface area contributed by atoms with Crippen molar-refractivity contribution in [3.05, 3.63) is 29.8 Å². The number of hydrogen-bond donors (Lipinski definition) is 2. The number of aliphatic hydroxyl groups excluding tert-OH is 1. The van der Waals surface area contributed by atoms with Crippen molar-refractivity contribution in [2.75, 3.05) is 44.6 Å². The summed E-state index contributed by atoms with van der Waals surface area (Å²) >= 11 is 0. The number of piperazine rings is 1. The average Bonchev–Trinajstić information content (AvgIpc) is 2.48. The Bertz CT molecular complexity index is 511. The van der Waals surface area contributed by atoms with Crippen molar-refractivity contribution in [3.63, 3.8) is 0 Å². The second-order valence-corrected chi connectivity index (χ2v) is 5.12. The zero-order valence-corrected chi connectivity index (χ0v) is 12.2. The number of aliphatic hydroxyl groups is 1. The number of amides is 2. The molecule has 2 amide bonds. The molecule has 1 aliphatic heterocycles. The third-order valence-corrected chi connectivity index (χ3v) is 3.60. The van der Waals surface area contributed by atoms with Gasteiger partial charge >= 0.3 is 6.03 Å². The summed E-state index contributed by atoms with van der Waals surface area (Å²) in [5.74, 6) is -0.0243. The van der Waals surface area contributed by atoms with Gasteiger partial charge in [0.2, 0.25) is 0 Å². The number of rotatable bonds is 4. The summed E-state index contributed by atoms with van der Waals surface area (Å²) in [4.78, 5) is 27.4. The number of Topliss-reactive ketones (excluding diaryl/α,β-unsaturated/α-hetero) is 1. The highest BCUT2D eigenvalue weighted by atomic mass is 16.3. The molecule has 0 saturated carbocycles. The van der Waals surface area contributed by atoms with Crippen LogP contribution in [-0.2, 0) is 0 Å². The lowest BCUT2D eigenvalue weighted by Gasteiger charge is -2.34. The van der Waals surface area contributed by atoms with E-state index in [9.17, 15) is 9.59 Å². The number of benzene rings is 1. The second-order valence-electron chi connectivity index (χ2n) is 5.12. The highest BCUT2D eigenvalue weighted by Crippen LogP contribution is 2.12. The van der Waals surface area contributed by atoms with Crippen molar-refractivity contribution in [1.82, 2.24) is 9.80 Å². The van der Waals surface area contributed by atoms with Crippen LogP contribution in [0.15, 0.2) is 24.3 Å². The summed E-state index contributed by atoms with van der Waals surface area (Å²) in [5, 5.41) is 11.7. The summed E-state index contributed by atoms with van der Waals surface area (Å²) in [7, 11) is 0. The van der Waals surface area contributed by atoms with Gasteiger partial charge in [-0.3, -0.25) is 9.69 Å². The molecule has 0 unspecified atom stereocenters. The van der Waals surface area contributed by atoms with E-state index >= 15 is 0 Å². The van der Waals surface area contributed by atoms with Gasteiger partial charge < -0.3 is 15.3 Å². The second kappa shape index (κ2) is 7.19. The summed E-state index contributed by atoms with van der Waals surface area (Å²) in [6.45, 7) is 5.10. The van der Waals surface area contributed by atoms with Gasteiger partial charge in [0, 0.05) is 44.0 Å². The van der Waals surface area contributed by atoms with E-state index in [1.165, 1.54) is 6.92 Å². The zero-order valence-electron chi connectivity index (χ0n) is 12.2. The van der Waals surface area contributed by atoms with Crippen molar-refractivity contribution in [1.29, 1.82) is 0 Å². The summed E-state index contributed by atoms with van der Waals surface area (Å²) in [6, 6.07) is 6.78. The third kappa shape index (κ3) is 4.27. The molecule has 1 fully saturated rings. The first-order chi connectivity index (χ1) is 10.1. The molecule has 1 aromatic rings. The molecule has 0 radical (unpaired) electrons. The quantitative estimate of drug-likeness (QED) is 0.813. The number of ketones is 1. The first-order valence-electron chi connectivity index (χ1n) is 7.10. The Morgan fingerprint density at radius 3 is 2.57 bits per heavy atom. The van der Waals surface area contributed by atoms with E-state index in [-0.39, 0.29) is 18.4 Å². The van der Waals surface area contributed by atoms with Gasteiger partial charge in [-0.05, 0) is 19.1 Å². The Balaban J connectivity index is 1.90. The highest BCUT2D eigenvalue weighted by Gasteiger charge is 2.20.